The number of anilines is 1. The molecule has 3 heterocycles. The van der Waals surface area contributed by atoms with E-state index in [0.29, 0.717) is 18.4 Å². The zero-order valence-corrected chi connectivity index (χ0v) is 19.9. The van der Waals surface area contributed by atoms with Crippen LogP contribution >= 0.6 is 0 Å². The van der Waals surface area contributed by atoms with E-state index >= 15 is 0 Å². The molecule has 11 heteroatoms. The number of benzene rings is 1. The highest BCUT2D eigenvalue weighted by molar-refractivity contribution is 5.92. The molecule has 0 aliphatic carbocycles. The van der Waals surface area contributed by atoms with E-state index in [4.69, 9.17) is 0 Å². The molecule has 11 nitrogen and oxygen atoms in total. The molecular weight excluding hydrogens is 434 g/mol. The molecule has 182 valence electrons. The van der Waals surface area contributed by atoms with Crippen LogP contribution in [0.5, 0.6) is 0 Å². The van der Waals surface area contributed by atoms with E-state index in [1.807, 2.05) is 29.2 Å². The first-order chi connectivity index (χ1) is 16.4. The number of piperazine rings is 1. The van der Waals surface area contributed by atoms with Gasteiger partial charge in [0, 0.05) is 55.4 Å². The molecule has 1 fully saturated rings. The van der Waals surface area contributed by atoms with Gasteiger partial charge in [-0.05, 0) is 25.5 Å². The van der Waals surface area contributed by atoms with Gasteiger partial charge < -0.3 is 30.7 Å². The maximum Gasteiger partial charge on any atom is 0.316 e. The van der Waals surface area contributed by atoms with Gasteiger partial charge in [-0.2, -0.15) is 4.98 Å². The molecule has 0 saturated carbocycles. The van der Waals surface area contributed by atoms with Crippen molar-refractivity contribution in [2.75, 3.05) is 44.7 Å². The van der Waals surface area contributed by atoms with Gasteiger partial charge in [0.05, 0.1) is 0 Å². The van der Waals surface area contributed by atoms with Gasteiger partial charge in [0.2, 0.25) is 11.8 Å². The van der Waals surface area contributed by atoms with Crippen molar-refractivity contribution in [3.05, 3.63) is 41.9 Å². The number of nitrogens with zero attached hydrogens (tertiary/aromatic N) is 4. The second-order valence-corrected chi connectivity index (χ2v) is 9.05. The monoisotopic (exact) mass is 467 g/mol. The number of urea groups is 1. The topological polar surface area (TPSA) is 134 Å². The molecule has 1 unspecified atom stereocenters. The van der Waals surface area contributed by atoms with Crippen molar-refractivity contribution in [2.24, 2.45) is 5.92 Å². The Hall–Kier alpha value is -3.60. The van der Waals surface area contributed by atoms with Gasteiger partial charge in [0.25, 0.3) is 5.91 Å². The van der Waals surface area contributed by atoms with Gasteiger partial charge in [-0.15, -0.1) is 5.10 Å². The lowest BCUT2D eigenvalue weighted by Gasteiger charge is -2.31. The van der Waals surface area contributed by atoms with Gasteiger partial charge in [-0.1, -0.05) is 32.0 Å². The van der Waals surface area contributed by atoms with Crippen molar-refractivity contribution in [3.63, 3.8) is 0 Å². The standard InChI is InChI=1S/C23H33N9O2/c1-15(2)8-9-24-23(34)28-19(17-14-25-18-7-5-4-6-16(17)18)26-21(33)20-27-22(30-29-20)32-12-10-31(3)11-13-32/h4-7,14-15,19,25H,8-13H2,1-3H3,(H,26,33)(H2,24,28,34)(H,27,29,30). The molecule has 0 bridgehead atoms. The molecule has 0 radical (unpaired) electrons. The van der Waals surface area contributed by atoms with Crippen molar-refractivity contribution >= 4 is 28.8 Å². The van der Waals surface area contributed by atoms with Gasteiger partial charge in [-0.3, -0.25) is 9.89 Å². The summed E-state index contributed by atoms with van der Waals surface area (Å²) in [5, 5.41) is 16.5. The molecule has 3 amide bonds. The minimum absolute atomic E-state index is 0.0979. The summed E-state index contributed by atoms with van der Waals surface area (Å²) in [6, 6.07) is 7.38. The van der Waals surface area contributed by atoms with E-state index in [-0.39, 0.29) is 11.9 Å². The summed E-state index contributed by atoms with van der Waals surface area (Å²) in [4.78, 5) is 37.5. The number of nitrogens with one attached hydrogen (secondary N) is 5. The maximum atomic E-state index is 13.1. The van der Waals surface area contributed by atoms with Gasteiger partial charge in [0.1, 0.15) is 6.17 Å². The van der Waals surface area contributed by atoms with E-state index in [1.54, 1.807) is 6.20 Å². The lowest BCUT2D eigenvalue weighted by Crippen LogP contribution is -2.46. The summed E-state index contributed by atoms with van der Waals surface area (Å²) in [5.41, 5.74) is 1.66. The minimum atomic E-state index is -0.764. The lowest BCUT2D eigenvalue weighted by atomic mass is 10.1. The first kappa shape index (κ1) is 23.6. The number of rotatable bonds is 8. The normalized spacial score (nSPS) is 15.5. The third-order valence-electron chi connectivity index (χ3n) is 5.97. The fourth-order valence-corrected chi connectivity index (χ4v) is 3.88. The number of hydrogen-bond acceptors (Lipinski definition) is 6. The van der Waals surface area contributed by atoms with E-state index in [2.05, 4.69) is 61.9 Å². The summed E-state index contributed by atoms with van der Waals surface area (Å²) in [6.45, 7) is 8.17. The number of para-hydroxylation sites is 1. The highest BCUT2D eigenvalue weighted by atomic mass is 16.2. The van der Waals surface area contributed by atoms with Gasteiger partial charge >= 0.3 is 6.03 Å². The van der Waals surface area contributed by atoms with Crippen molar-refractivity contribution < 1.29 is 9.59 Å². The predicted octanol–water partition coefficient (Wildman–Crippen LogP) is 1.81. The van der Waals surface area contributed by atoms with Crippen LogP contribution in [0.2, 0.25) is 0 Å². The van der Waals surface area contributed by atoms with Crippen molar-refractivity contribution in [1.29, 1.82) is 0 Å². The SMILES string of the molecule is CC(C)CCNC(=O)NC(NC(=O)c1nc(N2CCN(C)CC2)n[nH]1)c1c[nH]c2ccccc12. The number of hydrogen-bond donors (Lipinski definition) is 5. The van der Waals surface area contributed by atoms with E-state index in [0.717, 1.165) is 49.1 Å². The number of likely N-dealkylation sites (N-methyl/N-ethyl adjacent to an activating group) is 1. The molecule has 3 aromatic rings. The Balaban J connectivity index is 1.49. The fraction of sp³-hybridized carbons (Fsp3) is 0.478. The molecule has 2 aromatic heterocycles. The predicted molar refractivity (Wildman–Crippen MR) is 131 cm³/mol. The summed E-state index contributed by atoms with van der Waals surface area (Å²) < 4.78 is 0. The molecule has 4 rings (SSSR count). The highest BCUT2D eigenvalue weighted by Crippen LogP contribution is 2.23. The zero-order chi connectivity index (χ0) is 24.1. The van der Waals surface area contributed by atoms with Crippen molar-refractivity contribution in [1.82, 2.24) is 41.0 Å². The largest absolute Gasteiger partial charge is 0.361 e. The Labute approximate surface area is 198 Å². The average molecular weight is 468 g/mol. The lowest BCUT2D eigenvalue weighted by molar-refractivity contribution is 0.0921. The number of aromatic nitrogens is 4. The molecule has 1 saturated heterocycles. The Kier molecular flexibility index (Phi) is 7.31. The molecule has 1 aliphatic heterocycles. The average Bonchev–Trinajstić information content (AvgIpc) is 3.47. The number of carbonyl (C=O) groups excluding carboxylic acids is 2. The molecule has 1 aromatic carbocycles. The Morgan fingerprint density at radius 2 is 1.88 bits per heavy atom. The van der Waals surface area contributed by atoms with Crippen molar-refractivity contribution in [2.45, 2.75) is 26.4 Å². The third-order valence-corrected chi connectivity index (χ3v) is 5.97. The Morgan fingerprint density at radius 3 is 2.65 bits per heavy atom. The summed E-state index contributed by atoms with van der Waals surface area (Å²) >= 11 is 0. The van der Waals surface area contributed by atoms with Gasteiger partial charge in [-0.25, -0.2) is 4.79 Å². The fourth-order valence-electron chi connectivity index (χ4n) is 3.88. The van der Waals surface area contributed by atoms with Crippen LogP contribution in [0.1, 0.15) is 42.6 Å². The third kappa shape index (κ3) is 5.66. The molecular formula is C23H33N9O2. The number of amides is 3. The maximum absolute atomic E-state index is 13.1. The van der Waals surface area contributed by atoms with E-state index in [9.17, 15) is 9.59 Å². The van der Waals surface area contributed by atoms with Crippen LogP contribution in [0.25, 0.3) is 10.9 Å². The van der Waals surface area contributed by atoms with Crippen LogP contribution in [-0.4, -0.2) is 76.8 Å². The molecule has 0 spiro atoms. The number of aromatic amines is 2. The van der Waals surface area contributed by atoms with E-state index < -0.39 is 12.1 Å². The number of fused-ring (bicyclic) bond motifs is 1. The molecule has 1 aliphatic rings. The van der Waals surface area contributed by atoms with Crippen LogP contribution in [0.4, 0.5) is 10.7 Å². The quantitative estimate of drug-likeness (QED) is 0.321. The second-order valence-electron chi connectivity index (χ2n) is 9.05. The molecule has 34 heavy (non-hydrogen) atoms. The number of H-pyrrole nitrogens is 2. The van der Waals surface area contributed by atoms with Crippen LogP contribution in [0.15, 0.2) is 30.5 Å². The van der Waals surface area contributed by atoms with Crippen LogP contribution in [0, 0.1) is 5.92 Å². The van der Waals surface area contributed by atoms with Crippen LogP contribution in [0.3, 0.4) is 0 Å². The number of carbonyl (C=O) groups is 2. The highest BCUT2D eigenvalue weighted by Gasteiger charge is 2.24. The molecule has 5 N–H and O–H groups in total. The second kappa shape index (κ2) is 10.6. The molecule has 1 atom stereocenters. The first-order valence-electron chi connectivity index (χ1n) is 11.7. The summed E-state index contributed by atoms with van der Waals surface area (Å²) in [7, 11) is 2.07. The Morgan fingerprint density at radius 1 is 1.12 bits per heavy atom. The summed E-state index contributed by atoms with van der Waals surface area (Å²) in [6.07, 6.45) is 1.89. The first-order valence-corrected chi connectivity index (χ1v) is 11.7. The smallest absolute Gasteiger partial charge is 0.316 e. The van der Waals surface area contributed by atoms with Crippen molar-refractivity contribution in [3.8, 4) is 0 Å². The zero-order valence-electron chi connectivity index (χ0n) is 19.9. The van der Waals surface area contributed by atoms with Crippen LogP contribution < -0.4 is 20.9 Å². The van der Waals surface area contributed by atoms with E-state index in [1.165, 1.54) is 0 Å². The summed E-state index contributed by atoms with van der Waals surface area (Å²) in [5.74, 6) is 0.623. The van der Waals surface area contributed by atoms with Crippen LogP contribution in [-0.2, 0) is 0 Å². The Bertz CT molecular complexity index is 1110. The minimum Gasteiger partial charge on any atom is -0.361 e. The van der Waals surface area contributed by atoms with Gasteiger partial charge in [0.15, 0.2) is 0 Å².